The molecule has 0 radical (unpaired) electrons. The van der Waals surface area contributed by atoms with Crippen LogP contribution in [0.15, 0.2) is 12.3 Å². The Morgan fingerprint density at radius 3 is 2.68 bits per heavy atom. The summed E-state index contributed by atoms with van der Waals surface area (Å²) in [6.07, 6.45) is -3.50. The lowest BCUT2D eigenvalue weighted by molar-refractivity contribution is -0.141. The molecule has 1 heterocycles. The molecule has 108 valence electrons. The van der Waals surface area contributed by atoms with E-state index in [1.807, 2.05) is 0 Å². The molecule has 0 atom stereocenters. The van der Waals surface area contributed by atoms with E-state index in [1.165, 1.54) is 0 Å². The van der Waals surface area contributed by atoms with Crippen molar-refractivity contribution in [3.8, 4) is 0 Å². The summed E-state index contributed by atoms with van der Waals surface area (Å²) in [4.78, 5) is 3.24. The number of rotatable bonds is 7. The summed E-state index contributed by atoms with van der Waals surface area (Å²) in [5, 5.41) is 2.77. The summed E-state index contributed by atoms with van der Waals surface area (Å²) in [5.74, 6) is 0. The van der Waals surface area contributed by atoms with Gasteiger partial charge in [0.1, 0.15) is 5.69 Å². The van der Waals surface area contributed by atoms with Crippen molar-refractivity contribution in [2.45, 2.75) is 6.18 Å². The minimum absolute atomic E-state index is 0.157. The number of methoxy groups -OCH3 is 1. The average Bonchev–Trinajstić information content (AvgIpc) is 2.34. The van der Waals surface area contributed by atoms with Gasteiger partial charge in [0, 0.05) is 13.7 Å². The highest BCUT2D eigenvalue weighted by molar-refractivity contribution is 5.65. The van der Waals surface area contributed by atoms with Gasteiger partial charge in [0.25, 0.3) is 0 Å². The summed E-state index contributed by atoms with van der Waals surface area (Å²) < 4.78 is 47.3. The molecule has 0 unspecified atom stereocenters. The van der Waals surface area contributed by atoms with E-state index in [0.29, 0.717) is 26.4 Å². The van der Waals surface area contributed by atoms with E-state index in [2.05, 4.69) is 10.3 Å². The van der Waals surface area contributed by atoms with Crippen LogP contribution in [0.5, 0.6) is 0 Å². The van der Waals surface area contributed by atoms with Gasteiger partial charge in [-0.15, -0.1) is 0 Å². The molecule has 1 aromatic heterocycles. The third kappa shape index (κ3) is 5.31. The van der Waals surface area contributed by atoms with Crippen molar-refractivity contribution in [2.75, 3.05) is 44.5 Å². The number of hydrogen-bond acceptors (Lipinski definition) is 5. The number of nitrogens with one attached hydrogen (secondary N) is 1. The summed E-state index contributed by atoms with van der Waals surface area (Å²) in [6, 6.07) is 0.879. The summed E-state index contributed by atoms with van der Waals surface area (Å²) in [5.41, 5.74) is 4.91. The van der Waals surface area contributed by atoms with E-state index >= 15 is 0 Å². The molecule has 0 aliphatic heterocycles. The van der Waals surface area contributed by atoms with Gasteiger partial charge in [0.15, 0.2) is 0 Å². The number of alkyl halides is 3. The largest absolute Gasteiger partial charge is 0.433 e. The van der Waals surface area contributed by atoms with Gasteiger partial charge in [-0.1, -0.05) is 0 Å². The number of nitrogen functional groups attached to an aromatic ring is 1. The molecule has 0 aromatic carbocycles. The van der Waals surface area contributed by atoms with Gasteiger partial charge >= 0.3 is 6.18 Å². The fourth-order valence-corrected chi connectivity index (χ4v) is 1.28. The van der Waals surface area contributed by atoms with Crippen LogP contribution in [0.3, 0.4) is 0 Å². The van der Waals surface area contributed by atoms with E-state index in [4.69, 9.17) is 15.2 Å². The molecular formula is C11H16F3N3O2. The molecule has 5 nitrogen and oxygen atoms in total. The van der Waals surface area contributed by atoms with Crippen LogP contribution in [0.25, 0.3) is 0 Å². The van der Waals surface area contributed by atoms with Crippen LogP contribution in [-0.2, 0) is 15.7 Å². The quantitative estimate of drug-likeness (QED) is 0.744. The lowest BCUT2D eigenvalue weighted by Gasteiger charge is -2.12. The van der Waals surface area contributed by atoms with Crippen molar-refractivity contribution < 1.29 is 22.6 Å². The molecule has 1 aromatic rings. The maximum atomic E-state index is 12.5. The number of nitrogens with two attached hydrogens (primary N) is 1. The molecule has 0 bridgehead atoms. The Bertz CT molecular complexity index is 399. The molecule has 0 saturated heterocycles. The van der Waals surface area contributed by atoms with Crippen LogP contribution < -0.4 is 11.1 Å². The number of nitrogens with zero attached hydrogens (tertiary/aromatic N) is 1. The molecule has 1 rings (SSSR count). The first kappa shape index (κ1) is 15.5. The SMILES string of the molecule is COCCOCCNc1cc(C(F)(F)F)ncc1N. The summed E-state index contributed by atoms with van der Waals surface area (Å²) in [7, 11) is 1.55. The van der Waals surface area contributed by atoms with Crippen LogP contribution >= 0.6 is 0 Å². The first-order chi connectivity index (χ1) is 8.95. The van der Waals surface area contributed by atoms with Gasteiger partial charge in [-0.3, -0.25) is 0 Å². The zero-order valence-corrected chi connectivity index (χ0v) is 10.5. The zero-order chi connectivity index (χ0) is 14.3. The smallest absolute Gasteiger partial charge is 0.396 e. The second-order valence-electron chi connectivity index (χ2n) is 3.69. The lowest BCUT2D eigenvalue weighted by atomic mass is 10.2. The second-order valence-corrected chi connectivity index (χ2v) is 3.69. The van der Waals surface area contributed by atoms with E-state index in [9.17, 15) is 13.2 Å². The van der Waals surface area contributed by atoms with Gasteiger partial charge in [-0.05, 0) is 6.07 Å². The number of pyridine rings is 1. The Labute approximate surface area is 108 Å². The predicted molar refractivity (Wildman–Crippen MR) is 64.8 cm³/mol. The van der Waals surface area contributed by atoms with E-state index < -0.39 is 11.9 Å². The molecule has 0 aliphatic rings. The van der Waals surface area contributed by atoms with Crippen molar-refractivity contribution >= 4 is 11.4 Å². The van der Waals surface area contributed by atoms with Gasteiger partial charge in [0.2, 0.25) is 0 Å². The molecular weight excluding hydrogens is 263 g/mol. The van der Waals surface area contributed by atoms with Gasteiger partial charge in [0.05, 0.1) is 37.4 Å². The standard InChI is InChI=1S/C11H16F3N3O2/c1-18-4-5-19-3-2-16-9-6-10(11(12,13)14)17-7-8(9)15/h6-7H,2-5,15H2,1H3,(H,16,17). The minimum Gasteiger partial charge on any atom is -0.396 e. The number of aromatic nitrogens is 1. The zero-order valence-electron chi connectivity index (χ0n) is 10.5. The summed E-state index contributed by atoms with van der Waals surface area (Å²) >= 11 is 0. The molecule has 8 heteroatoms. The number of halogens is 3. The Morgan fingerprint density at radius 2 is 2.05 bits per heavy atom. The van der Waals surface area contributed by atoms with Gasteiger partial charge < -0.3 is 20.5 Å². The highest BCUT2D eigenvalue weighted by Gasteiger charge is 2.32. The highest BCUT2D eigenvalue weighted by atomic mass is 19.4. The first-order valence-electron chi connectivity index (χ1n) is 5.58. The fraction of sp³-hybridized carbons (Fsp3) is 0.545. The third-order valence-corrected chi connectivity index (χ3v) is 2.22. The predicted octanol–water partition coefficient (Wildman–Crippen LogP) is 1.76. The molecule has 19 heavy (non-hydrogen) atoms. The van der Waals surface area contributed by atoms with Crippen LogP contribution in [0.1, 0.15) is 5.69 Å². The van der Waals surface area contributed by atoms with Crippen LogP contribution in [0, 0.1) is 0 Å². The monoisotopic (exact) mass is 279 g/mol. The maximum Gasteiger partial charge on any atom is 0.433 e. The Balaban J connectivity index is 2.49. The number of anilines is 2. The van der Waals surface area contributed by atoms with Crippen molar-refractivity contribution in [1.29, 1.82) is 0 Å². The molecule has 0 fully saturated rings. The van der Waals surface area contributed by atoms with Gasteiger partial charge in [-0.2, -0.15) is 13.2 Å². The Morgan fingerprint density at radius 1 is 1.32 bits per heavy atom. The van der Waals surface area contributed by atoms with Crippen LogP contribution in [0.2, 0.25) is 0 Å². The van der Waals surface area contributed by atoms with Crippen LogP contribution in [-0.4, -0.2) is 38.5 Å². The van der Waals surface area contributed by atoms with E-state index in [1.54, 1.807) is 7.11 Å². The normalized spacial score (nSPS) is 11.6. The number of ether oxygens (including phenoxy) is 2. The first-order valence-corrected chi connectivity index (χ1v) is 5.58. The molecule has 0 amide bonds. The van der Waals surface area contributed by atoms with E-state index in [0.717, 1.165) is 12.3 Å². The van der Waals surface area contributed by atoms with Gasteiger partial charge in [-0.25, -0.2) is 4.98 Å². The molecule has 3 N–H and O–H groups in total. The summed E-state index contributed by atoms with van der Waals surface area (Å²) in [6.45, 7) is 1.58. The topological polar surface area (TPSA) is 69.4 Å². The molecule has 0 spiro atoms. The fourth-order valence-electron chi connectivity index (χ4n) is 1.28. The third-order valence-electron chi connectivity index (χ3n) is 2.22. The van der Waals surface area contributed by atoms with E-state index in [-0.39, 0.29) is 11.4 Å². The maximum absolute atomic E-state index is 12.5. The molecule has 0 aliphatic carbocycles. The Hall–Kier alpha value is -1.54. The van der Waals surface area contributed by atoms with Crippen molar-refractivity contribution in [1.82, 2.24) is 4.98 Å². The highest BCUT2D eigenvalue weighted by Crippen LogP contribution is 2.30. The lowest BCUT2D eigenvalue weighted by Crippen LogP contribution is -2.14. The Kier molecular flexibility index (Phi) is 5.84. The second kappa shape index (κ2) is 7.15. The molecule has 0 saturated carbocycles. The van der Waals surface area contributed by atoms with Crippen LogP contribution in [0.4, 0.5) is 24.5 Å². The average molecular weight is 279 g/mol. The van der Waals surface area contributed by atoms with Crippen molar-refractivity contribution in [3.05, 3.63) is 18.0 Å². The number of hydrogen-bond donors (Lipinski definition) is 2. The van der Waals surface area contributed by atoms with Crippen molar-refractivity contribution in [2.24, 2.45) is 0 Å². The van der Waals surface area contributed by atoms with Crippen molar-refractivity contribution in [3.63, 3.8) is 0 Å². The minimum atomic E-state index is -4.49.